The molecule has 0 radical (unpaired) electrons. The molecule has 1 saturated heterocycles. The molecule has 1 unspecified atom stereocenters. The molecule has 4 fully saturated rings. The van der Waals surface area contributed by atoms with Crippen molar-refractivity contribution >= 4 is 50.9 Å². The van der Waals surface area contributed by atoms with Crippen molar-refractivity contribution < 1.29 is 32.4 Å². The van der Waals surface area contributed by atoms with Crippen molar-refractivity contribution in [1.82, 2.24) is 25.2 Å². The van der Waals surface area contributed by atoms with Gasteiger partial charge in [0.1, 0.15) is 12.1 Å². The number of Topliss-reactive ketones (excluding diaryl/α,β-unsaturated/α-hetero) is 1. The van der Waals surface area contributed by atoms with Crippen LogP contribution < -0.4 is 21.7 Å². The molecule has 6 rings (SSSR count). The molecule has 5 atom stereocenters. The number of likely N-dealkylation sites (tertiary alicyclic amines) is 1. The van der Waals surface area contributed by atoms with Gasteiger partial charge in [0.25, 0.3) is 5.91 Å². The van der Waals surface area contributed by atoms with Crippen molar-refractivity contribution in [2.24, 2.45) is 34.3 Å². The summed E-state index contributed by atoms with van der Waals surface area (Å²) in [6.45, 7) is 10.4. The Morgan fingerprint density at radius 1 is 1.06 bits per heavy atom. The van der Waals surface area contributed by atoms with Gasteiger partial charge < -0.3 is 26.6 Å². The number of nitrogens with one attached hydrogen (secondary N) is 3. The molecule has 270 valence electrons. The standard InChI is InChI=1S/C34H50N6O7S2/c1-32(2,3)27(37-31(45)38-34(12-7-6-8-13-34)18-39-17-22-23(11-14-48-22)49(39,46)47)30(44)40-16-20-24(33(20,4)5)25(40)29(43)36-21(15-19-9-10-19)26(41)28(35)42/h11,14,19-21,24-25,27H,6-10,12-13,15-18H2,1-5H3,(H2,35,42)(H,36,43)(H2,37,38,45)/t20-,21?,24-,25-,27+/m0/s1. The third kappa shape index (κ3) is 6.86. The third-order valence-electron chi connectivity index (χ3n) is 11.6. The van der Waals surface area contributed by atoms with E-state index in [-0.39, 0.29) is 36.3 Å². The van der Waals surface area contributed by atoms with E-state index in [1.54, 1.807) is 11.4 Å². The minimum atomic E-state index is -3.67. The maximum absolute atomic E-state index is 14.4. The number of primary amides is 1. The number of nitrogens with two attached hydrogens (primary N) is 1. The molecule has 0 spiro atoms. The second-order valence-corrected chi connectivity index (χ2v) is 19.5. The van der Waals surface area contributed by atoms with Gasteiger partial charge in [0.2, 0.25) is 27.6 Å². The highest BCUT2D eigenvalue weighted by Crippen LogP contribution is 2.65. The number of piperidine rings is 1. The molecule has 13 nitrogen and oxygen atoms in total. The van der Waals surface area contributed by atoms with Crippen LogP contribution in [0.25, 0.3) is 0 Å². The molecule has 0 aromatic carbocycles. The molecule has 49 heavy (non-hydrogen) atoms. The normalized spacial score (nSPS) is 27.7. The monoisotopic (exact) mass is 718 g/mol. The number of urea groups is 1. The van der Waals surface area contributed by atoms with Gasteiger partial charge in [-0.05, 0) is 59.3 Å². The van der Waals surface area contributed by atoms with Gasteiger partial charge in [-0.2, -0.15) is 4.31 Å². The molecule has 3 saturated carbocycles. The number of rotatable bonds is 11. The highest BCUT2D eigenvalue weighted by Gasteiger charge is 2.70. The summed E-state index contributed by atoms with van der Waals surface area (Å²) in [4.78, 5) is 69.4. The summed E-state index contributed by atoms with van der Waals surface area (Å²) in [6.07, 6.45) is 6.01. The Hall–Kier alpha value is -3.04. The lowest BCUT2D eigenvalue weighted by Gasteiger charge is -2.42. The average molecular weight is 719 g/mol. The smallest absolute Gasteiger partial charge is 0.315 e. The lowest BCUT2D eigenvalue weighted by molar-refractivity contribution is -0.145. The van der Waals surface area contributed by atoms with E-state index in [1.807, 2.05) is 20.8 Å². The minimum Gasteiger partial charge on any atom is -0.363 e. The van der Waals surface area contributed by atoms with Crippen LogP contribution in [0.4, 0.5) is 4.79 Å². The quantitative estimate of drug-likeness (QED) is 0.253. The Labute approximate surface area is 292 Å². The SMILES string of the molecule is CC(C)(C)[C@H](NC(=O)NC1(CN2Cc3sccc3S2(=O)=O)CCCCC1)C(=O)N1C[C@H]2[C@@H]([C@H]1C(=O)NC(CC1CC1)C(=O)C(N)=O)C2(C)C. The highest BCUT2D eigenvalue weighted by molar-refractivity contribution is 7.89. The molecule has 5 amide bonds. The lowest BCUT2D eigenvalue weighted by atomic mass is 9.81. The highest BCUT2D eigenvalue weighted by atomic mass is 32.2. The van der Waals surface area contributed by atoms with Gasteiger partial charge in [-0.1, -0.05) is 66.7 Å². The Morgan fingerprint density at radius 3 is 2.33 bits per heavy atom. The van der Waals surface area contributed by atoms with E-state index in [2.05, 4.69) is 29.8 Å². The van der Waals surface area contributed by atoms with Gasteiger partial charge in [0.15, 0.2) is 0 Å². The topological polar surface area (TPSA) is 188 Å². The van der Waals surface area contributed by atoms with Crippen LogP contribution in [0.2, 0.25) is 0 Å². The number of carbonyl (C=O) groups is 5. The van der Waals surface area contributed by atoms with E-state index in [4.69, 9.17) is 5.73 Å². The largest absolute Gasteiger partial charge is 0.363 e. The fourth-order valence-corrected chi connectivity index (χ4v) is 11.5. The van der Waals surface area contributed by atoms with Gasteiger partial charge in [0.05, 0.1) is 16.5 Å². The number of sulfonamides is 1. The Morgan fingerprint density at radius 2 is 1.73 bits per heavy atom. The first-order valence-electron chi connectivity index (χ1n) is 17.5. The van der Waals surface area contributed by atoms with Crippen molar-refractivity contribution in [2.45, 2.75) is 121 Å². The van der Waals surface area contributed by atoms with Crippen LogP contribution in [0.1, 0.15) is 90.9 Å². The number of hydrogen-bond acceptors (Lipinski definition) is 8. The number of thiophene rings is 1. The van der Waals surface area contributed by atoms with Gasteiger partial charge in [0, 0.05) is 24.5 Å². The fraction of sp³-hybridized carbons (Fsp3) is 0.735. The fourth-order valence-electron chi connectivity index (χ4n) is 8.47. The zero-order valence-electron chi connectivity index (χ0n) is 29.0. The van der Waals surface area contributed by atoms with Crippen LogP contribution in [0.3, 0.4) is 0 Å². The van der Waals surface area contributed by atoms with E-state index < -0.39 is 68.6 Å². The molecule has 5 aliphatic rings. The van der Waals surface area contributed by atoms with Crippen molar-refractivity contribution in [3.8, 4) is 0 Å². The van der Waals surface area contributed by atoms with Crippen LogP contribution in [0.5, 0.6) is 0 Å². The zero-order chi connectivity index (χ0) is 35.7. The van der Waals surface area contributed by atoms with E-state index in [9.17, 15) is 32.4 Å². The second-order valence-electron chi connectivity index (χ2n) is 16.6. The summed E-state index contributed by atoms with van der Waals surface area (Å²) < 4.78 is 28.1. The lowest BCUT2D eigenvalue weighted by Crippen LogP contribution is -2.64. The predicted octanol–water partition coefficient (Wildman–Crippen LogP) is 2.49. The Kier molecular flexibility index (Phi) is 9.22. The number of nitrogens with zero attached hydrogens (tertiary/aromatic N) is 2. The Bertz CT molecular complexity index is 1640. The number of hydrogen-bond donors (Lipinski definition) is 4. The third-order valence-corrected chi connectivity index (χ3v) is 14.5. The maximum atomic E-state index is 14.4. The molecule has 3 heterocycles. The number of fused-ring (bicyclic) bond motifs is 2. The molecule has 0 bridgehead atoms. The first-order chi connectivity index (χ1) is 22.9. The van der Waals surface area contributed by atoms with Crippen molar-refractivity contribution in [2.75, 3.05) is 13.1 Å². The molecular weight excluding hydrogens is 669 g/mol. The first-order valence-corrected chi connectivity index (χ1v) is 19.8. The summed E-state index contributed by atoms with van der Waals surface area (Å²) in [5.74, 6) is -2.70. The van der Waals surface area contributed by atoms with Gasteiger partial charge in [-0.15, -0.1) is 11.3 Å². The van der Waals surface area contributed by atoms with E-state index in [0.717, 1.165) is 37.0 Å². The van der Waals surface area contributed by atoms with Crippen molar-refractivity contribution in [3.63, 3.8) is 0 Å². The van der Waals surface area contributed by atoms with Crippen LogP contribution in [-0.4, -0.2) is 83.9 Å². The van der Waals surface area contributed by atoms with Crippen LogP contribution in [0.15, 0.2) is 16.3 Å². The summed E-state index contributed by atoms with van der Waals surface area (Å²) in [6, 6.07) is -1.88. The molecule has 5 N–H and O–H groups in total. The van der Waals surface area contributed by atoms with Gasteiger partial charge >= 0.3 is 6.03 Å². The molecule has 3 aliphatic carbocycles. The average Bonchev–Trinajstić information content (AvgIpc) is 3.69. The maximum Gasteiger partial charge on any atom is 0.315 e. The second kappa shape index (κ2) is 12.6. The van der Waals surface area contributed by atoms with Crippen molar-refractivity contribution in [1.29, 1.82) is 0 Å². The summed E-state index contributed by atoms with van der Waals surface area (Å²) in [5.41, 5.74) is 3.56. The van der Waals surface area contributed by atoms with Crippen LogP contribution in [0, 0.1) is 28.6 Å². The summed E-state index contributed by atoms with van der Waals surface area (Å²) in [7, 11) is -3.67. The molecular formula is C34H50N6O7S2. The van der Waals surface area contributed by atoms with Crippen LogP contribution in [-0.2, 0) is 35.7 Å². The molecule has 2 aliphatic heterocycles. The molecule has 1 aromatic heterocycles. The predicted molar refractivity (Wildman–Crippen MR) is 182 cm³/mol. The van der Waals surface area contributed by atoms with E-state index in [1.165, 1.54) is 20.5 Å². The molecule has 1 aromatic rings. The van der Waals surface area contributed by atoms with E-state index >= 15 is 0 Å². The number of carbonyl (C=O) groups excluding carboxylic acids is 5. The van der Waals surface area contributed by atoms with Gasteiger partial charge in [-0.3, -0.25) is 19.2 Å². The minimum absolute atomic E-state index is 0.0616. The van der Waals surface area contributed by atoms with Crippen LogP contribution >= 0.6 is 11.3 Å². The van der Waals surface area contributed by atoms with Gasteiger partial charge in [-0.25, -0.2) is 13.2 Å². The van der Waals surface area contributed by atoms with Crippen molar-refractivity contribution in [3.05, 3.63) is 16.3 Å². The Balaban J connectivity index is 1.19. The zero-order valence-corrected chi connectivity index (χ0v) is 30.7. The summed E-state index contributed by atoms with van der Waals surface area (Å²) in [5, 5.41) is 10.6. The summed E-state index contributed by atoms with van der Waals surface area (Å²) >= 11 is 1.41. The number of ketones is 1. The first kappa shape index (κ1) is 35.8. The van der Waals surface area contributed by atoms with E-state index in [0.29, 0.717) is 30.7 Å². The number of amides is 5. The molecule has 15 heteroatoms.